The molecule has 0 N–H and O–H groups in total. The summed E-state index contributed by atoms with van der Waals surface area (Å²) in [6, 6.07) is 10.2. The standard InChI is InChI=1S/C15H23N/c1-11(2)15-9-13-7-5-6-8-14(13)10-16(15)12(3)4/h5-8,11-12,15H,9-10H2,1-4H3/t15-/m0/s1. The van der Waals surface area contributed by atoms with Crippen molar-refractivity contribution in [3.05, 3.63) is 35.4 Å². The van der Waals surface area contributed by atoms with Crippen LogP contribution >= 0.6 is 0 Å². The van der Waals surface area contributed by atoms with Crippen LogP contribution in [0.1, 0.15) is 38.8 Å². The Morgan fingerprint density at radius 2 is 1.69 bits per heavy atom. The van der Waals surface area contributed by atoms with E-state index in [4.69, 9.17) is 0 Å². The molecule has 0 saturated heterocycles. The molecule has 1 heterocycles. The van der Waals surface area contributed by atoms with E-state index in [9.17, 15) is 0 Å². The lowest BCUT2D eigenvalue weighted by Gasteiger charge is -2.41. The van der Waals surface area contributed by atoms with E-state index in [1.807, 2.05) is 0 Å². The van der Waals surface area contributed by atoms with Gasteiger partial charge in [0, 0.05) is 18.6 Å². The van der Waals surface area contributed by atoms with E-state index >= 15 is 0 Å². The van der Waals surface area contributed by atoms with E-state index in [-0.39, 0.29) is 0 Å². The Balaban J connectivity index is 2.29. The normalized spacial score (nSPS) is 21.5. The number of rotatable bonds is 2. The third kappa shape index (κ3) is 2.15. The minimum atomic E-state index is 0.640. The van der Waals surface area contributed by atoms with Gasteiger partial charge in [0.2, 0.25) is 0 Å². The molecule has 1 aromatic rings. The van der Waals surface area contributed by atoms with Gasteiger partial charge in [0.05, 0.1) is 0 Å². The fourth-order valence-electron chi connectivity index (χ4n) is 2.75. The molecule has 0 fully saturated rings. The molecule has 2 rings (SSSR count). The maximum absolute atomic E-state index is 2.65. The molecule has 0 saturated carbocycles. The zero-order chi connectivity index (χ0) is 11.7. The zero-order valence-electron chi connectivity index (χ0n) is 10.9. The van der Waals surface area contributed by atoms with Crippen LogP contribution in [0.4, 0.5) is 0 Å². The van der Waals surface area contributed by atoms with Gasteiger partial charge in [-0.05, 0) is 37.3 Å². The summed E-state index contributed by atoms with van der Waals surface area (Å²) in [5.41, 5.74) is 3.08. The summed E-state index contributed by atoms with van der Waals surface area (Å²) in [5, 5.41) is 0. The van der Waals surface area contributed by atoms with Gasteiger partial charge in [0.25, 0.3) is 0 Å². The summed E-state index contributed by atoms with van der Waals surface area (Å²) in [5.74, 6) is 0.732. The van der Waals surface area contributed by atoms with Crippen molar-refractivity contribution < 1.29 is 0 Å². The third-order valence-corrected chi connectivity index (χ3v) is 3.76. The van der Waals surface area contributed by atoms with Gasteiger partial charge in [-0.15, -0.1) is 0 Å². The molecule has 0 amide bonds. The molecule has 1 nitrogen and oxygen atoms in total. The predicted molar refractivity (Wildman–Crippen MR) is 69.5 cm³/mol. The lowest BCUT2D eigenvalue weighted by atomic mass is 9.87. The second kappa shape index (κ2) is 4.58. The molecule has 1 heteroatoms. The van der Waals surface area contributed by atoms with Gasteiger partial charge in [-0.1, -0.05) is 38.1 Å². The first-order valence-corrected chi connectivity index (χ1v) is 6.42. The van der Waals surface area contributed by atoms with Gasteiger partial charge >= 0.3 is 0 Å². The van der Waals surface area contributed by atoms with Crippen molar-refractivity contribution in [2.75, 3.05) is 0 Å². The van der Waals surface area contributed by atoms with Crippen molar-refractivity contribution in [3.8, 4) is 0 Å². The molecule has 0 spiro atoms. The topological polar surface area (TPSA) is 3.24 Å². The first-order chi connectivity index (χ1) is 7.59. The highest BCUT2D eigenvalue weighted by Crippen LogP contribution is 2.28. The molecule has 16 heavy (non-hydrogen) atoms. The summed E-state index contributed by atoms with van der Waals surface area (Å²) in [6.07, 6.45) is 1.21. The van der Waals surface area contributed by atoms with E-state index in [0.29, 0.717) is 12.1 Å². The second-order valence-corrected chi connectivity index (χ2v) is 5.55. The van der Waals surface area contributed by atoms with Crippen LogP contribution in [0.5, 0.6) is 0 Å². The Morgan fingerprint density at radius 1 is 1.06 bits per heavy atom. The zero-order valence-corrected chi connectivity index (χ0v) is 10.9. The molecule has 0 bridgehead atoms. The average molecular weight is 217 g/mol. The molecule has 0 aliphatic carbocycles. The molecular formula is C15H23N. The van der Waals surface area contributed by atoms with Gasteiger partial charge in [0.1, 0.15) is 0 Å². The van der Waals surface area contributed by atoms with Gasteiger partial charge in [-0.2, -0.15) is 0 Å². The molecule has 88 valence electrons. The van der Waals surface area contributed by atoms with Crippen molar-refractivity contribution >= 4 is 0 Å². The maximum Gasteiger partial charge on any atom is 0.0242 e. The van der Waals surface area contributed by atoms with Crippen molar-refractivity contribution in [2.45, 2.75) is 52.7 Å². The van der Waals surface area contributed by atoms with Crippen molar-refractivity contribution in [3.63, 3.8) is 0 Å². The Labute approximate surface area is 99.5 Å². The van der Waals surface area contributed by atoms with Crippen molar-refractivity contribution in [1.29, 1.82) is 0 Å². The predicted octanol–water partition coefficient (Wildman–Crippen LogP) is 3.48. The van der Waals surface area contributed by atoms with Gasteiger partial charge in [-0.25, -0.2) is 0 Å². The number of fused-ring (bicyclic) bond motifs is 1. The second-order valence-electron chi connectivity index (χ2n) is 5.55. The Bertz CT molecular complexity index is 319. The van der Waals surface area contributed by atoms with E-state index in [2.05, 4.69) is 56.9 Å². The Morgan fingerprint density at radius 3 is 2.25 bits per heavy atom. The van der Waals surface area contributed by atoms with Crippen LogP contribution in [0.15, 0.2) is 24.3 Å². The van der Waals surface area contributed by atoms with Crippen molar-refractivity contribution in [1.82, 2.24) is 4.90 Å². The van der Waals surface area contributed by atoms with Crippen LogP contribution in [0.3, 0.4) is 0 Å². The van der Waals surface area contributed by atoms with E-state index in [1.165, 1.54) is 12.0 Å². The smallest absolute Gasteiger partial charge is 0.0242 e. The molecule has 1 aromatic carbocycles. The monoisotopic (exact) mass is 217 g/mol. The van der Waals surface area contributed by atoms with E-state index in [0.717, 1.165) is 12.5 Å². The average Bonchev–Trinajstić information content (AvgIpc) is 2.27. The van der Waals surface area contributed by atoms with Crippen molar-refractivity contribution in [2.24, 2.45) is 5.92 Å². The largest absolute Gasteiger partial charge is 0.293 e. The number of nitrogens with zero attached hydrogens (tertiary/aromatic N) is 1. The fraction of sp³-hybridized carbons (Fsp3) is 0.600. The highest BCUT2D eigenvalue weighted by molar-refractivity contribution is 5.30. The van der Waals surface area contributed by atoms with Gasteiger partial charge < -0.3 is 0 Å². The molecule has 1 aliphatic heterocycles. The lowest BCUT2D eigenvalue weighted by molar-refractivity contribution is 0.0973. The summed E-state index contributed by atoms with van der Waals surface area (Å²) in [4.78, 5) is 2.65. The Hall–Kier alpha value is -0.820. The fourth-order valence-corrected chi connectivity index (χ4v) is 2.75. The highest BCUT2D eigenvalue weighted by Gasteiger charge is 2.29. The Kier molecular flexibility index (Phi) is 3.34. The molecule has 1 atom stereocenters. The van der Waals surface area contributed by atoms with E-state index < -0.39 is 0 Å². The minimum Gasteiger partial charge on any atom is -0.293 e. The van der Waals surface area contributed by atoms with Crippen LogP contribution in [-0.4, -0.2) is 17.0 Å². The van der Waals surface area contributed by atoms with Crippen LogP contribution in [-0.2, 0) is 13.0 Å². The number of hydrogen-bond acceptors (Lipinski definition) is 1. The van der Waals surface area contributed by atoms with Crippen LogP contribution in [0, 0.1) is 5.92 Å². The summed E-state index contributed by atoms with van der Waals surface area (Å²) in [7, 11) is 0. The highest BCUT2D eigenvalue weighted by atomic mass is 15.2. The lowest BCUT2D eigenvalue weighted by Crippen LogP contribution is -2.47. The van der Waals surface area contributed by atoms with Crippen LogP contribution in [0.25, 0.3) is 0 Å². The minimum absolute atomic E-state index is 0.640. The molecule has 0 unspecified atom stereocenters. The quantitative estimate of drug-likeness (QED) is 0.733. The maximum atomic E-state index is 2.65. The first-order valence-electron chi connectivity index (χ1n) is 6.42. The van der Waals surface area contributed by atoms with E-state index in [1.54, 1.807) is 5.56 Å². The molecule has 1 aliphatic rings. The van der Waals surface area contributed by atoms with Gasteiger partial charge in [0.15, 0.2) is 0 Å². The van der Waals surface area contributed by atoms with Crippen LogP contribution in [0.2, 0.25) is 0 Å². The molecule has 0 aromatic heterocycles. The molecular weight excluding hydrogens is 194 g/mol. The summed E-state index contributed by atoms with van der Waals surface area (Å²) in [6.45, 7) is 10.4. The number of benzene rings is 1. The first kappa shape index (κ1) is 11.7. The summed E-state index contributed by atoms with van der Waals surface area (Å²) < 4.78 is 0. The SMILES string of the molecule is CC(C)[C@@H]1Cc2ccccc2CN1C(C)C. The third-order valence-electron chi connectivity index (χ3n) is 3.76. The summed E-state index contributed by atoms with van der Waals surface area (Å²) >= 11 is 0. The number of hydrogen-bond donors (Lipinski definition) is 0. The van der Waals surface area contributed by atoms with Gasteiger partial charge in [-0.3, -0.25) is 4.90 Å². The van der Waals surface area contributed by atoms with Crippen LogP contribution < -0.4 is 0 Å². The molecule has 0 radical (unpaired) electrons.